The third kappa shape index (κ3) is 3.64. The molecule has 2 rings (SSSR count). The molecule has 1 N–H and O–H groups in total. The lowest BCUT2D eigenvalue weighted by atomic mass is 10.1. The van der Waals surface area contributed by atoms with Crippen molar-refractivity contribution in [2.45, 2.75) is 32.9 Å². The molecule has 1 aromatic rings. The first-order valence-corrected chi connectivity index (χ1v) is 6.90. The van der Waals surface area contributed by atoms with E-state index in [0.29, 0.717) is 12.6 Å². The van der Waals surface area contributed by atoms with Crippen LogP contribution in [0, 0.1) is 0 Å². The first kappa shape index (κ1) is 16.8. The molecular weight excluding hydrogens is 276 g/mol. The predicted octanol–water partition coefficient (Wildman–Crippen LogP) is 2.33. The lowest BCUT2D eigenvalue weighted by Crippen LogP contribution is -2.57. The number of rotatable bonds is 3. The molecule has 1 aromatic carbocycles. The lowest BCUT2D eigenvalue weighted by molar-refractivity contribution is 0.0603. The summed E-state index contributed by atoms with van der Waals surface area (Å²) in [6.45, 7) is 8.40. The molecule has 1 heterocycles. The van der Waals surface area contributed by atoms with Crippen LogP contribution in [0.15, 0.2) is 24.3 Å². The Bertz CT molecular complexity index is 436. The van der Waals surface area contributed by atoms with Crippen molar-refractivity contribution in [1.82, 2.24) is 10.2 Å². The number of ether oxygens (including phenoxy) is 1. The summed E-state index contributed by atoms with van der Waals surface area (Å²) in [6.07, 6.45) is 0. The van der Waals surface area contributed by atoms with Crippen molar-refractivity contribution in [2.24, 2.45) is 0 Å². The fourth-order valence-electron chi connectivity index (χ4n) is 2.37. The molecule has 1 amide bonds. The molecule has 4 nitrogen and oxygen atoms in total. The Balaban J connectivity index is 0.00000200. The second kappa shape index (κ2) is 7.50. The van der Waals surface area contributed by atoms with E-state index in [0.717, 1.165) is 24.4 Å². The average Bonchev–Trinajstić information content (AvgIpc) is 2.42. The minimum Gasteiger partial charge on any atom is -0.494 e. The minimum atomic E-state index is 0. The molecule has 2 atom stereocenters. The van der Waals surface area contributed by atoms with E-state index in [-0.39, 0.29) is 24.4 Å². The van der Waals surface area contributed by atoms with Crippen LogP contribution in [-0.4, -0.2) is 42.6 Å². The number of carbonyl (C=O) groups is 1. The maximum Gasteiger partial charge on any atom is 0.254 e. The van der Waals surface area contributed by atoms with Gasteiger partial charge < -0.3 is 15.0 Å². The fraction of sp³-hybridized carbons (Fsp3) is 0.533. The molecule has 5 heteroatoms. The van der Waals surface area contributed by atoms with E-state index < -0.39 is 0 Å². The number of hydrogen-bond acceptors (Lipinski definition) is 3. The molecule has 20 heavy (non-hydrogen) atoms. The summed E-state index contributed by atoms with van der Waals surface area (Å²) in [6, 6.07) is 7.94. The van der Waals surface area contributed by atoms with Gasteiger partial charge in [-0.1, -0.05) is 0 Å². The molecule has 0 radical (unpaired) electrons. The van der Waals surface area contributed by atoms with E-state index in [1.165, 1.54) is 0 Å². The maximum absolute atomic E-state index is 12.5. The van der Waals surface area contributed by atoms with Gasteiger partial charge in [0.25, 0.3) is 5.91 Å². The van der Waals surface area contributed by atoms with Crippen molar-refractivity contribution < 1.29 is 9.53 Å². The third-order valence-electron chi connectivity index (χ3n) is 3.71. The highest BCUT2D eigenvalue weighted by atomic mass is 35.5. The molecule has 0 aromatic heterocycles. The highest BCUT2D eigenvalue weighted by Crippen LogP contribution is 2.17. The average molecular weight is 299 g/mol. The monoisotopic (exact) mass is 298 g/mol. The SMILES string of the molecule is CCOc1ccc(C(=O)N2CCNC(C)C2C)cc1.Cl. The van der Waals surface area contributed by atoms with Crippen molar-refractivity contribution in [3.63, 3.8) is 0 Å². The maximum atomic E-state index is 12.5. The quantitative estimate of drug-likeness (QED) is 0.931. The summed E-state index contributed by atoms with van der Waals surface area (Å²) in [4.78, 5) is 14.4. The Hall–Kier alpha value is -1.26. The van der Waals surface area contributed by atoms with E-state index >= 15 is 0 Å². The highest BCUT2D eigenvalue weighted by molar-refractivity contribution is 5.94. The van der Waals surface area contributed by atoms with Crippen LogP contribution in [-0.2, 0) is 0 Å². The minimum absolute atomic E-state index is 0. The number of halogens is 1. The number of nitrogens with one attached hydrogen (secondary N) is 1. The largest absolute Gasteiger partial charge is 0.494 e. The highest BCUT2D eigenvalue weighted by Gasteiger charge is 2.28. The zero-order valence-electron chi connectivity index (χ0n) is 12.3. The predicted molar refractivity (Wildman–Crippen MR) is 82.8 cm³/mol. The standard InChI is InChI=1S/C15H22N2O2.ClH/c1-4-19-14-7-5-13(6-8-14)15(18)17-10-9-16-11(2)12(17)3;/h5-8,11-12,16H,4,9-10H2,1-3H3;1H. The Morgan fingerprint density at radius 2 is 2.00 bits per heavy atom. The van der Waals surface area contributed by atoms with Gasteiger partial charge in [0.15, 0.2) is 0 Å². The number of hydrogen-bond donors (Lipinski definition) is 1. The van der Waals surface area contributed by atoms with Crippen LogP contribution in [0.5, 0.6) is 5.75 Å². The van der Waals surface area contributed by atoms with Crippen molar-refractivity contribution >= 4 is 18.3 Å². The van der Waals surface area contributed by atoms with Gasteiger partial charge in [0.2, 0.25) is 0 Å². The Kier molecular flexibility index (Phi) is 6.30. The van der Waals surface area contributed by atoms with Crippen molar-refractivity contribution in [3.8, 4) is 5.75 Å². The smallest absolute Gasteiger partial charge is 0.254 e. The van der Waals surface area contributed by atoms with Gasteiger partial charge in [-0.15, -0.1) is 12.4 Å². The molecule has 0 spiro atoms. The van der Waals surface area contributed by atoms with E-state index in [1.807, 2.05) is 36.1 Å². The van der Waals surface area contributed by atoms with Gasteiger partial charge in [0.05, 0.1) is 6.61 Å². The summed E-state index contributed by atoms with van der Waals surface area (Å²) in [5, 5.41) is 3.38. The van der Waals surface area contributed by atoms with Crippen LogP contribution in [0.25, 0.3) is 0 Å². The van der Waals surface area contributed by atoms with Crippen molar-refractivity contribution in [2.75, 3.05) is 19.7 Å². The fourth-order valence-corrected chi connectivity index (χ4v) is 2.37. The molecule has 1 saturated heterocycles. The van der Waals surface area contributed by atoms with Gasteiger partial charge in [-0.2, -0.15) is 0 Å². The summed E-state index contributed by atoms with van der Waals surface area (Å²) < 4.78 is 5.39. The molecule has 2 unspecified atom stereocenters. The topological polar surface area (TPSA) is 41.6 Å². The van der Waals surface area contributed by atoms with Crippen LogP contribution in [0.1, 0.15) is 31.1 Å². The van der Waals surface area contributed by atoms with Gasteiger partial charge in [0.1, 0.15) is 5.75 Å². The molecule has 1 aliphatic heterocycles. The second-order valence-corrected chi connectivity index (χ2v) is 4.94. The molecule has 1 fully saturated rings. The number of nitrogens with zero attached hydrogens (tertiary/aromatic N) is 1. The van der Waals surface area contributed by atoms with Crippen LogP contribution in [0.2, 0.25) is 0 Å². The summed E-state index contributed by atoms with van der Waals surface area (Å²) >= 11 is 0. The van der Waals surface area contributed by atoms with Crippen LogP contribution < -0.4 is 10.1 Å². The van der Waals surface area contributed by atoms with E-state index in [9.17, 15) is 4.79 Å². The summed E-state index contributed by atoms with van der Waals surface area (Å²) in [5.41, 5.74) is 0.726. The number of piperazine rings is 1. The molecule has 0 aliphatic carbocycles. The van der Waals surface area contributed by atoms with Crippen LogP contribution in [0.4, 0.5) is 0 Å². The summed E-state index contributed by atoms with van der Waals surface area (Å²) in [7, 11) is 0. The Labute approximate surface area is 126 Å². The van der Waals surface area contributed by atoms with E-state index in [2.05, 4.69) is 19.2 Å². The van der Waals surface area contributed by atoms with Crippen molar-refractivity contribution in [3.05, 3.63) is 29.8 Å². The van der Waals surface area contributed by atoms with Gasteiger partial charge in [-0.25, -0.2) is 0 Å². The van der Waals surface area contributed by atoms with Crippen LogP contribution >= 0.6 is 12.4 Å². The molecular formula is C15H23ClN2O2. The van der Waals surface area contributed by atoms with E-state index in [4.69, 9.17) is 4.74 Å². The Morgan fingerprint density at radius 1 is 1.35 bits per heavy atom. The number of amides is 1. The summed E-state index contributed by atoms with van der Waals surface area (Å²) in [5.74, 6) is 0.907. The zero-order valence-corrected chi connectivity index (χ0v) is 13.1. The van der Waals surface area contributed by atoms with Gasteiger partial charge in [0, 0.05) is 30.7 Å². The zero-order chi connectivity index (χ0) is 13.8. The van der Waals surface area contributed by atoms with Crippen molar-refractivity contribution in [1.29, 1.82) is 0 Å². The molecule has 1 aliphatic rings. The number of benzene rings is 1. The first-order valence-electron chi connectivity index (χ1n) is 6.90. The Morgan fingerprint density at radius 3 is 2.60 bits per heavy atom. The normalized spacial score (nSPS) is 22.1. The van der Waals surface area contributed by atoms with Gasteiger partial charge >= 0.3 is 0 Å². The van der Waals surface area contributed by atoms with Crippen LogP contribution in [0.3, 0.4) is 0 Å². The van der Waals surface area contributed by atoms with Gasteiger partial charge in [-0.3, -0.25) is 4.79 Å². The molecule has 0 bridgehead atoms. The lowest BCUT2D eigenvalue weighted by Gasteiger charge is -2.38. The molecule has 112 valence electrons. The van der Waals surface area contributed by atoms with Gasteiger partial charge in [-0.05, 0) is 45.0 Å². The molecule has 0 saturated carbocycles. The third-order valence-corrected chi connectivity index (χ3v) is 3.71. The first-order chi connectivity index (χ1) is 9.13. The van der Waals surface area contributed by atoms with E-state index in [1.54, 1.807) is 0 Å². The number of carbonyl (C=O) groups excluding carboxylic acids is 1. The second-order valence-electron chi connectivity index (χ2n) is 4.94.